The maximum Gasteiger partial charge on any atom is 0.277 e. The van der Waals surface area contributed by atoms with E-state index in [1.54, 1.807) is 0 Å². The summed E-state index contributed by atoms with van der Waals surface area (Å²) in [7, 11) is 0. The van der Waals surface area contributed by atoms with Gasteiger partial charge in [0.15, 0.2) is 6.61 Å². The lowest BCUT2D eigenvalue weighted by atomic mass is 10.0. The Bertz CT molecular complexity index is 569. The van der Waals surface area contributed by atoms with E-state index in [1.165, 1.54) is 24.3 Å². The Morgan fingerprint density at radius 1 is 1.45 bits per heavy atom. The summed E-state index contributed by atoms with van der Waals surface area (Å²) in [5.74, 6) is 0.532. The van der Waals surface area contributed by atoms with E-state index in [0.717, 1.165) is 31.4 Å². The molecule has 0 radical (unpaired) electrons. The molecule has 22 heavy (non-hydrogen) atoms. The molecule has 1 aliphatic rings. The summed E-state index contributed by atoms with van der Waals surface area (Å²) in [6, 6.07) is 5.58. The molecule has 1 aromatic carbocycles. The van der Waals surface area contributed by atoms with Crippen LogP contribution in [0.2, 0.25) is 0 Å². The molecule has 1 saturated carbocycles. The Hall–Kier alpha value is -2.44. The van der Waals surface area contributed by atoms with Crippen LogP contribution in [0, 0.1) is 16.0 Å². The zero-order chi connectivity index (χ0) is 15.9. The van der Waals surface area contributed by atoms with Crippen molar-refractivity contribution in [3.05, 3.63) is 34.4 Å². The number of amides is 1. The van der Waals surface area contributed by atoms with Gasteiger partial charge in [0.1, 0.15) is 5.75 Å². The van der Waals surface area contributed by atoms with E-state index >= 15 is 0 Å². The molecule has 1 amide bonds. The second-order valence-corrected chi connectivity index (χ2v) is 5.18. The number of nitrogens with zero attached hydrogens (tertiary/aromatic N) is 2. The first-order valence-corrected chi connectivity index (χ1v) is 7.32. The number of non-ortho nitro benzene ring substituents is 1. The molecule has 0 heterocycles. The lowest BCUT2D eigenvalue weighted by molar-refractivity contribution is -0.384. The van der Waals surface area contributed by atoms with Crippen LogP contribution in [0.1, 0.15) is 32.6 Å². The molecule has 0 aliphatic heterocycles. The van der Waals surface area contributed by atoms with Crippen molar-refractivity contribution in [2.45, 2.75) is 32.6 Å². The molecule has 0 saturated heterocycles. The zero-order valence-electron chi connectivity index (χ0n) is 12.4. The van der Waals surface area contributed by atoms with Crippen molar-refractivity contribution < 1.29 is 14.5 Å². The largest absolute Gasteiger partial charge is 0.484 e. The molecule has 1 fully saturated rings. The SMILES string of the molecule is CCC1CCC/C1=N\NC(=O)COc1ccc([N+](=O)[O-])cc1. The molecule has 1 aromatic rings. The van der Waals surface area contributed by atoms with Crippen molar-refractivity contribution in [3.63, 3.8) is 0 Å². The number of carbonyl (C=O) groups is 1. The van der Waals surface area contributed by atoms with Gasteiger partial charge in [-0.1, -0.05) is 6.92 Å². The maximum absolute atomic E-state index is 11.7. The number of hydrogen-bond donors (Lipinski definition) is 1. The van der Waals surface area contributed by atoms with Gasteiger partial charge in [-0.15, -0.1) is 0 Å². The predicted octanol–water partition coefficient (Wildman–Crippen LogP) is 2.66. The first-order chi connectivity index (χ1) is 10.6. The molecule has 2 rings (SSSR count). The fourth-order valence-electron chi connectivity index (χ4n) is 2.47. The highest BCUT2D eigenvalue weighted by Gasteiger charge is 2.20. The fourth-order valence-corrected chi connectivity index (χ4v) is 2.47. The molecule has 7 nitrogen and oxygen atoms in total. The number of carbonyl (C=O) groups excluding carboxylic acids is 1. The molecule has 0 aromatic heterocycles. The van der Waals surface area contributed by atoms with Crippen molar-refractivity contribution in [2.24, 2.45) is 11.0 Å². The number of nitro groups is 1. The summed E-state index contributed by atoms with van der Waals surface area (Å²) in [5.41, 5.74) is 3.53. The monoisotopic (exact) mass is 305 g/mol. The second-order valence-electron chi connectivity index (χ2n) is 5.18. The average molecular weight is 305 g/mol. The highest BCUT2D eigenvalue weighted by molar-refractivity contribution is 5.89. The number of benzene rings is 1. The van der Waals surface area contributed by atoms with Gasteiger partial charge in [-0.2, -0.15) is 5.10 Å². The van der Waals surface area contributed by atoms with Gasteiger partial charge in [0.2, 0.25) is 0 Å². The summed E-state index contributed by atoms with van der Waals surface area (Å²) in [5, 5.41) is 14.7. The number of nitrogens with one attached hydrogen (secondary N) is 1. The number of nitro benzene ring substituents is 1. The van der Waals surface area contributed by atoms with Gasteiger partial charge in [0, 0.05) is 17.8 Å². The lowest BCUT2D eigenvalue weighted by Crippen LogP contribution is -2.26. The van der Waals surface area contributed by atoms with Crippen molar-refractivity contribution in [1.29, 1.82) is 0 Å². The van der Waals surface area contributed by atoms with Crippen LogP contribution in [0.25, 0.3) is 0 Å². The standard InChI is InChI=1S/C15H19N3O4/c1-2-11-4-3-5-14(11)16-17-15(19)10-22-13-8-6-12(7-9-13)18(20)21/h6-9,11H,2-5,10H2,1H3,(H,17,19)/b16-14+. The van der Waals surface area contributed by atoms with Gasteiger partial charge in [0.05, 0.1) is 4.92 Å². The van der Waals surface area contributed by atoms with Crippen LogP contribution >= 0.6 is 0 Å². The molecule has 1 unspecified atom stereocenters. The number of rotatable bonds is 6. The van der Waals surface area contributed by atoms with E-state index in [9.17, 15) is 14.9 Å². The third-order valence-electron chi connectivity index (χ3n) is 3.69. The van der Waals surface area contributed by atoms with E-state index in [2.05, 4.69) is 17.5 Å². The zero-order valence-corrected chi connectivity index (χ0v) is 12.4. The molecule has 7 heteroatoms. The van der Waals surface area contributed by atoms with Crippen LogP contribution in [0.3, 0.4) is 0 Å². The van der Waals surface area contributed by atoms with Crippen LogP contribution < -0.4 is 10.2 Å². The van der Waals surface area contributed by atoms with Crippen molar-refractivity contribution in [1.82, 2.24) is 5.43 Å². The summed E-state index contributed by atoms with van der Waals surface area (Å²) in [6.45, 7) is 1.94. The maximum atomic E-state index is 11.7. The fraction of sp³-hybridized carbons (Fsp3) is 0.467. The Kier molecular flexibility index (Phi) is 5.46. The van der Waals surface area contributed by atoms with E-state index < -0.39 is 4.92 Å². The first-order valence-electron chi connectivity index (χ1n) is 7.32. The van der Waals surface area contributed by atoms with E-state index in [0.29, 0.717) is 11.7 Å². The van der Waals surface area contributed by atoms with E-state index in [-0.39, 0.29) is 18.2 Å². The van der Waals surface area contributed by atoms with Gasteiger partial charge in [-0.3, -0.25) is 14.9 Å². The lowest BCUT2D eigenvalue weighted by Gasteiger charge is -2.08. The van der Waals surface area contributed by atoms with Gasteiger partial charge in [-0.25, -0.2) is 5.43 Å². The first kappa shape index (κ1) is 15.9. The molecule has 0 spiro atoms. The number of hydrogen-bond acceptors (Lipinski definition) is 5. The highest BCUT2D eigenvalue weighted by Crippen LogP contribution is 2.24. The smallest absolute Gasteiger partial charge is 0.277 e. The highest BCUT2D eigenvalue weighted by atomic mass is 16.6. The Labute approximate surface area is 128 Å². The van der Waals surface area contributed by atoms with Crippen molar-refractivity contribution >= 4 is 17.3 Å². The summed E-state index contributed by atoms with van der Waals surface area (Å²) < 4.78 is 5.27. The van der Waals surface area contributed by atoms with Gasteiger partial charge in [0.25, 0.3) is 11.6 Å². The molecule has 1 N–H and O–H groups in total. The van der Waals surface area contributed by atoms with Crippen LogP contribution in [-0.4, -0.2) is 23.1 Å². The van der Waals surface area contributed by atoms with Crippen LogP contribution in [-0.2, 0) is 4.79 Å². The van der Waals surface area contributed by atoms with Gasteiger partial charge in [-0.05, 0) is 43.7 Å². The minimum absolute atomic E-state index is 0.0185. The Morgan fingerprint density at radius 3 is 2.82 bits per heavy atom. The number of ether oxygens (including phenoxy) is 1. The third-order valence-corrected chi connectivity index (χ3v) is 3.69. The topological polar surface area (TPSA) is 93.8 Å². The van der Waals surface area contributed by atoms with Crippen molar-refractivity contribution in [2.75, 3.05) is 6.61 Å². The number of hydrazone groups is 1. The Morgan fingerprint density at radius 2 is 2.18 bits per heavy atom. The molecular formula is C15H19N3O4. The second kappa shape index (κ2) is 7.53. The van der Waals surface area contributed by atoms with Gasteiger partial charge < -0.3 is 4.74 Å². The van der Waals surface area contributed by atoms with Crippen molar-refractivity contribution in [3.8, 4) is 5.75 Å². The third kappa shape index (κ3) is 4.28. The summed E-state index contributed by atoms with van der Waals surface area (Å²) >= 11 is 0. The summed E-state index contributed by atoms with van der Waals surface area (Å²) in [4.78, 5) is 21.7. The molecule has 118 valence electrons. The average Bonchev–Trinajstić information content (AvgIpc) is 2.98. The Balaban J connectivity index is 1.80. The summed E-state index contributed by atoms with van der Waals surface area (Å²) in [6.07, 6.45) is 4.22. The van der Waals surface area contributed by atoms with E-state index in [4.69, 9.17) is 4.74 Å². The van der Waals surface area contributed by atoms with Gasteiger partial charge >= 0.3 is 0 Å². The molecule has 1 aliphatic carbocycles. The normalized spacial score (nSPS) is 19.1. The van der Waals surface area contributed by atoms with Crippen LogP contribution in [0.15, 0.2) is 29.4 Å². The predicted molar refractivity (Wildman–Crippen MR) is 81.8 cm³/mol. The van der Waals surface area contributed by atoms with Crippen LogP contribution in [0.5, 0.6) is 5.75 Å². The molecular weight excluding hydrogens is 286 g/mol. The minimum atomic E-state index is -0.488. The minimum Gasteiger partial charge on any atom is -0.484 e. The van der Waals surface area contributed by atoms with Crippen LogP contribution in [0.4, 0.5) is 5.69 Å². The van der Waals surface area contributed by atoms with E-state index in [1.807, 2.05) is 0 Å². The quantitative estimate of drug-likeness (QED) is 0.645. The molecule has 1 atom stereocenters. The molecule has 0 bridgehead atoms.